The lowest BCUT2D eigenvalue weighted by Gasteiger charge is -2.39. The molecule has 2 aromatic carbocycles. The predicted octanol–water partition coefficient (Wildman–Crippen LogP) is 4.02. The lowest BCUT2D eigenvalue weighted by atomic mass is 9.93. The van der Waals surface area contributed by atoms with E-state index in [2.05, 4.69) is 65.3 Å². The van der Waals surface area contributed by atoms with Crippen LogP contribution in [0.15, 0.2) is 53.4 Å². The molecule has 4 rings (SSSR count). The molecule has 0 amide bonds. The van der Waals surface area contributed by atoms with Gasteiger partial charge in [0.05, 0.1) is 6.04 Å². The summed E-state index contributed by atoms with van der Waals surface area (Å²) in [5, 5.41) is 0. The van der Waals surface area contributed by atoms with Crippen molar-refractivity contribution in [1.29, 1.82) is 0 Å². The molecular formula is C20H24N2S. The van der Waals surface area contributed by atoms with Crippen molar-refractivity contribution in [2.45, 2.75) is 23.6 Å². The number of fused-ring (bicyclic) bond motifs is 2. The Hall–Kier alpha value is -1.29. The van der Waals surface area contributed by atoms with Gasteiger partial charge in [0.25, 0.3) is 0 Å². The molecule has 0 bridgehead atoms. The monoisotopic (exact) mass is 324 g/mol. The van der Waals surface area contributed by atoms with E-state index >= 15 is 0 Å². The van der Waals surface area contributed by atoms with Crippen LogP contribution in [0.1, 0.15) is 29.7 Å². The third-order valence-corrected chi connectivity index (χ3v) is 6.30. The Morgan fingerprint density at radius 2 is 1.61 bits per heavy atom. The first-order valence-electron chi connectivity index (χ1n) is 8.62. The highest BCUT2D eigenvalue weighted by molar-refractivity contribution is 7.98. The maximum Gasteiger partial charge on any atom is 0.0616 e. The normalized spacial score (nSPS) is 22.2. The van der Waals surface area contributed by atoms with Crippen molar-refractivity contribution in [3.8, 4) is 0 Å². The average molecular weight is 324 g/mol. The summed E-state index contributed by atoms with van der Waals surface area (Å²) in [5.41, 5.74) is 4.50. The van der Waals surface area contributed by atoms with Crippen LogP contribution in [0.5, 0.6) is 0 Å². The molecule has 1 unspecified atom stereocenters. The van der Waals surface area contributed by atoms with Gasteiger partial charge in [-0.3, -0.25) is 4.90 Å². The van der Waals surface area contributed by atoms with Crippen LogP contribution in [0, 0.1) is 0 Å². The van der Waals surface area contributed by atoms with Gasteiger partial charge in [-0.15, -0.1) is 11.8 Å². The van der Waals surface area contributed by atoms with Gasteiger partial charge < -0.3 is 4.90 Å². The number of likely N-dealkylation sites (N-methyl/N-ethyl adjacent to an activating group) is 1. The van der Waals surface area contributed by atoms with Gasteiger partial charge in [-0.1, -0.05) is 49.4 Å². The summed E-state index contributed by atoms with van der Waals surface area (Å²) in [6.07, 6.45) is 0. The van der Waals surface area contributed by atoms with Crippen LogP contribution in [0.25, 0.3) is 0 Å². The van der Waals surface area contributed by atoms with E-state index in [-0.39, 0.29) is 0 Å². The molecule has 0 saturated carbocycles. The van der Waals surface area contributed by atoms with Crippen molar-refractivity contribution in [1.82, 2.24) is 9.80 Å². The van der Waals surface area contributed by atoms with Gasteiger partial charge in [0.15, 0.2) is 0 Å². The fourth-order valence-electron chi connectivity index (χ4n) is 3.82. The maximum absolute atomic E-state index is 2.69. The molecule has 120 valence electrons. The molecule has 1 saturated heterocycles. The highest BCUT2D eigenvalue weighted by Gasteiger charge is 2.30. The van der Waals surface area contributed by atoms with E-state index in [1.807, 2.05) is 11.8 Å². The van der Waals surface area contributed by atoms with E-state index in [1.54, 1.807) is 0 Å². The van der Waals surface area contributed by atoms with Crippen molar-refractivity contribution < 1.29 is 0 Å². The van der Waals surface area contributed by atoms with Crippen molar-refractivity contribution in [2.24, 2.45) is 0 Å². The van der Waals surface area contributed by atoms with Crippen LogP contribution in [-0.4, -0.2) is 42.5 Å². The molecule has 2 nitrogen and oxygen atoms in total. The van der Waals surface area contributed by atoms with E-state index < -0.39 is 0 Å². The number of hydrogen-bond acceptors (Lipinski definition) is 3. The summed E-state index contributed by atoms with van der Waals surface area (Å²) in [6, 6.07) is 18.4. The number of nitrogens with zero attached hydrogens (tertiary/aromatic N) is 2. The molecule has 2 aromatic rings. The third-order valence-electron chi connectivity index (χ3n) is 5.17. The zero-order chi connectivity index (χ0) is 15.6. The van der Waals surface area contributed by atoms with Crippen LogP contribution < -0.4 is 0 Å². The molecule has 23 heavy (non-hydrogen) atoms. The van der Waals surface area contributed by atoms with Crippen molar-refractivity contribution in [2.75, 3.05) is 32.7 Å². The SMILES string of the molecule is CCN1CCN(C2c3ccccc3CSc3ccccc32)CC1. The Morgan fingerprint density at radius 1 is 0.913 bits per heavy atom. The van der Waals surface area contributed by atoms with E-state index in [0.29, 0.717) is 6.04 Å². The number of piperazine rings is 1. The van der Waals surface area contributed by atoms with E-state index in [0.717, 1.165) is 18.8 Å². The van der Waals surface area contributed by atoms with Crippen molar-refractivity contribution in [3.63, 3.8) is 0 Å². The summed E-state index contributed by atoms with van der Waals surface area (Å²) >= 11 is 1.99. The van der Waals surface area contributed by atoms with Gasteiger partial charge >= 0.3 is 0 Å². The Morgan fingerprint density at radius 3 is 2.39 bits per heavy atom. The number of benzene rings is 2. The standard InChI is InChI=1S/C20H24N2S/c1-2-21-11-13-22(14-12-21)20-17-8-4-3-7-16(17)15-23-19-10-6-5-9-18(19)20/h3-10,20H,2,11-15H2,1H3. The molecule has 1 fully saturated rings. The second-order valence-electron chi connectivity index (χ2n) is 6.40. The predicted molar refractivity (Wildman–Crippen MR) is 98.0 cm³/mol. The summed E-state index contributed by atoms with van der Waals surface area (Å²) in [5.74, 6) is 1.08. The molecular weight excluding hydrogens is 300 g/mol. The first kappa shape index (κ1) is 15.3. The van der Waals surface area contributed by atoms with Gasteiger partial charge in [-0.2, -0.15) is 0 Å². The molecule has 0 radical (unpaired) electrons. The van der Waals surface area contributed by atoms with E-state index in [4.69, 9.17) is 0 Å². The van der Waals surface area contributed by atoms with E-state index in [9.17, 15) is 0 Å². The van der Waals surface area contributed by atoms with Crippen LogP contribution in [-0.2, 0) is 5.75 Å². The molecule has 1 atom stereocenters. The molecule has 0 spiro atoms. The largest absolute Gasteiger partial charge is 0.301 e. The zero-order valence-corrected chi connectivity index (χ0v) is 14.6. The molecule has 0 aromatic heterocycles. The van der Waals surface area contributed by atoms with Crippen LogP contribution in [0.2, 0.25) is 0 Å². The molecule has 2 aliphatic heterocycles. The molecule has 2 heterocycles. The first-order chi connectivity index (χ1) is 11.4. The van der Waals surface area contributed by atoms with Crippen LogP contribution in [0.4, 0.5) is 0 Å². The Balaban J connectivity index is 1.75. The van der Waals surface area contributed by atoms with Crippen LogP contribution >= 0.6 is 11.8 Å². The van der Waals surface area contributed by atoms with E-state index in [1.165, 1.54) is 41.2 Å². The summed E-state index contributed by atoms with van der Waals surface area (Å²) in [4.78, 5) is 6.70. The fraction of sp³-hybridized carbons (Fsp3) is 0.400. The maximum atomic E-state index is 2.69. The average Bonchev–Trinajstić information content (AvgIpc) is 2.79. The summed E-state index contributed by atoms with van der Waals surface area (Å²) in [7, 11) is 0. The summed E-state index contributed by atoms with van der Waals surface area (Å²) in [6.45, 7) is 8.12. The molecule has 0 N–H and O–H groups in total. The minimum atomic E-state index is 0.413. The zero-order valence-electron chi connectivity index (χ0n) is 13.7. The lowest BCUT2D eigenvalue weighted by molar-refractivity contribution is 0.112. The van der Waals surface area contributed by atoms with Crippen molar-refractivity contribution in [3.05, 3.63) is 65.2 Å². The molecule has 3 heteroatoms. The second-order valence-corrected chi connectivity index (χ2v) is 7.42. The van der Waals surface area contributed by atoms with Crippen LogP contribution in [0.3, 0.4) is 0 Å². The number of rotatable bonds is 2. The van der Waals surface area contributed by atoms with Crippen molar-refractivity contribution >= 4 is 11.8 Å². The Bertz CT molecular complexity index is 629. The first-order valence-corrected chi connectivity index (χ1v) is 9.61. The fourth-order valence-corrected chi connectivity index (χ4v) is 4.92. The third kappa shape index (κ3) is 2.93. The quantitative estimate of drug-likeness (QED) is 0.824. The van der Waals surface area contributed by atoms with Gasteiger partial charge in [0.1, 0.15) is 0 Å². The Kier molecular flexibility index (Phi) is 4.43. The topological polar surface area (TPSA) is 6.48 Å². The lowest BCUT2D eigenvalue weighted by Crippen LogP contribution is -2.47. The number of hydrogen-bond donors (Lipinski definition) is 0. The van der Waals surface area contributed by atoms with Gasteiger partial charge in [-0.05, 0) is 29.3 Å². The minimum Gasteiger partial charge on any atom is -0.301 e. The molecule has 0 aliphatic carbocycles. The van der Waals surface area contributed by atoms with Gasteiger partial charge in [-0.25, -0.2) is 0 Å². The highest BCUT2D eigenvalue weighted by Crippen LogP contribution is 2.42. The summed E-state index contributed by atoms with van der Waals surface area (Å²) < 4.78 is 0. The van der Waals surface area contributed by atoms with Gasteiger partial charge in [0.2, 0.25) is 0 Å². The Labute approximate surface area is 143 Å². The highest BCUT2D eigenvalue weighted by atomic mass is 32.2. The second kappa shape index (κ2) is 6.68. The number of thioether (sulfide) groups is 1. The smallest absolute Gasteiger partial charge is 0.0616 e. The molecule has 2 aliphatic rings. The minimum absolute atomic E-state index is 0.413. The van der Waals surface area contributed by atoms with Gasteiger partial charge in [0, 0.05) is 36.8 Å².